The van der Waals surface area contributed by atoms with Crippen molar-refractivity contribution in [3.05, 3.63) is 12.2 Å². The van der Waals surface area contributed by atoms with E-state index in [1.54, 1.807) is 0 Å². The van der Waals surface area contributed by atoms with Crippen LogP contribution in [0, 0.1) is 0 Å². The molecule has 1 aliphatic carbocycles. The Morgan fingerprint density at radius 1 is 1.00 bits per heavy atom. The molecule has 0 bridgehead atoms. The van der Waals surface area contributed by atoms with E-state index >= 15 is 0 Å². The average molecular weight is 124 g/mol. The third-order valence-electron chi connectivity index (χ3n) is 0.908. The van der Waals surface area contributed by atoms with Gasteiger partial charge in [-0.2, -0.15) is 0 Å². The van der Waals surface area contributed by atoms with Crippen LogP contribution in [0.25, 0.3) is 0 Å². The maximum absolute atomic E-state index is 2.24. The Balaban J connectivity index is 0.000000250. The molecule has 0 nitrogen and oxygen atoms in total. The third-order valence-corrected chi connectivity index (χ3v) is 0.908. The van der Waals surface area contributed by atoms with Crippen molar-refractivity contribution in [3.8, 4) is 0 Å². The van der Waals surface area contributed by atoms with E-state index in [-0.39, 0.29) is 17.1 Å². The first-order valence-electron chi connectivity index (χ1n) is 2.15. The van der Waals surface area contributed by atoms with E-state index in [0.29, 0.717) is 0 Å². The van der Waals surface area contributed by atoms with Crippen LogP contribution >= 0.6 is 0 Å². The Hall–Kier alpha value is 0.259. The molecule has 6 heavy (non-hydrogen) atoms. The molecule has 0 fully saturated rings. The normalized spacial score (nSPS) is 17.3. The summed E-state index contributed by atoms with van der Waals surface area (Å²) in [6.45, 7) is 0. The van der Waals surface area contributed by atoms with Gasteiger partial charge in [0.15, 0.2) is 0 Å². The minimum atomic E-state index is 0. The largest absolute Gasteiger partial charge is 0.0885 e. The van der Waals surface area contributed by atoms with Crippen LogP contribution < -0.4 is 0 Å². The van der Waals surface area contributed by atoms with E-state index in [4.69, 9.17) is 0 Å². The van der Waals surface area contributed by atoms with Crippen LogP contribution in [0.1, 0.15) is 19.3 Å². The minimum Gasteiger partial charge on any atom is -0.0885 e. The zero-order valence-electron chi connectivity index (χ0n) is 3.63. The van der Waals surface area contributed by atoms with Gasteiger partial charge >= 0.3 is 0 Å². The molecule has 1 aliphatic rings. The molecule has 0 N–H and O–H groups in total. The number of hydrogen-bond acceptors (Lipinski definition) is 0. The second-order valence-electron chi connectivity index (χ2n) is 1.40. The van der Waals surface area contributed by atoms with Crippen LogP contribution in [0.3, 0.4) is 0 Å². The quantitative estimate of drug-likeness (QED) is 0.340. The van der Waals surface area contributed by atoms with Crippen LogP contribution in [0.5, 0.6) is 0 Å². The fraction of sp³-hybridized carbons (Fsp3) is 0.600. The van der Waals surface area contributed by atoms with Crippen molar-refractivity contribution in [2.75, 3.05) is 0 Å². The van der Waals surface area contributed by atoms with E-state index < -0.39 is 0 Å². The first-order valence-corrected chi connectivity index (χ1v) is 2.15. The van der Waals surface area contributed by atoms with Gasteiger partial charge in [0.05, 0.1) is 0 Å². The first-order chi connectivity index (χ1) is 2.50. The van der Waals surface area contributed by atoms with Crippen molar-refractivity contribution in [2.24, 2.45) is 0 Å². The van der Waals surface area contributed by atoms with Gasteiger partial charge in [0.2, 0.25) is 0 Å². The molecule has 1 heteroatoms. The summed E-state index contributed by atoms with van der Waals surface area (Å²) in [5.74, 6) is 0. The maximum atomic E-state index is 2.24. The molecule has 0 saturated carbocycles. The molecule has 0 aliphatic heterocycles. The molecule has 0 atom stereocenters. The van der Waals surface area contributed by atoms with Crippen molar-refractivity contribution in [1.82, 2.24) is 0 Å². The number of allylic oxidation sites excluding steroid dienone is 2. The maximum Gasteiger partial charge on any atom is 0 e. The number of hydrogen-bond donors (Lipinski definition) is 0. The van der Waals surface area contributed by atoms with Crippen molar-refractivity contribution in [2.45, 2.75) is 19.3 Å². The molecule has 0 saturated heterocycles. The fourth-order valence-electron chi connectivity index (χ4n) is 0.589. The van der Waals surface area contributed by atoms with Crippen LogP contribution in [0.2, 0.25) is 0 Å². The summed E-state index contributed by atoms with van der Waals surface area (Å²) in [6, 6.07) is 0. The molecule has 0 aromatic rings. The molecule has 0 heterocycles. The molecule has 1 rings (SSSR count). The fourth-order valence-corrected chi connectivity index (χ4v) is 0.589. The van der Waals surface area contributed by atoms with Crippen LogP contribution in [-0.2, 0) is 17.1 Å². The predicted octanol–water partition coefficient (Wildman–Crippen LogP) is 1.72. The summed E-state index contributed by atoms with van der Waals surface area (Å²) in [4.78, 5) is 0. The predicted molar refractivity (Wildman–Crippen MR) is 23.0 cm³/mol. The molecule has 0 aromatic heterocycles. The Morgan fingerprint density at radius 2 is 1.50 bits per heavy atom. The Kier molecular flexibility index (Phi) is 3.60. The molecule has 0 aromatic carbocycles. The molecular formula is C5H8Fe. The SMILES string of the molecule is C1=CCCC1.[Fe]. The van der Waals surface area contributed by atoms with E-state index in [2.05, 4.69) is 12.2 Å². The zero-order chi connectivity index (χ0) is 3.54. The summed E-state index contributed by atoms with van der Waals surface area (Å²) in [7, 11) is 0. The van der Waals surface area contributed by atoms with Crippen LogP contribution in [0.15, 0.2) is 12.2 Å². The molecule has 0 spiro atoms. The summed E-state index contributed by atoms with van der Waals surface area (Å²) in [6.07, 6.45) is 8.50. The Labute approximate surface area is 49.1 Å². The van der Waals surface area contributed by atoms with E-state index in [0.717, 1.165) is 0 Å². The molecule has 0 unspecified atom stereocenters. The van der Waals surface area contributed by atoms with Gasteiger partial charge in [-0.1, -0.05) is 12.2 Å². The van der Waals surface area contributed by atoms with Crippen molar-refractivity contribution in [3.63, 3.8) is 0 Å². The summed E-state index contributed by atoms with van der Waals surface area (Å²) in [5, 5.41) is 0. The number of rotatable bonds is 0. The Bertz CT molecular complexity index is 41.9. The molecule has 0 radical (unpaired) electrons. The first kappa shape index (κ1) is 6.26. The van der Waals surface area contributed by atoms with Crippen molar-refractivity contribution < 1.29 is 17.1 Å². The van der Waals surface area contributed by atoms with Crippen LogP contribution in [-0.4, -0.2) is 0 Å². The molecule has 0 amide bonds. The van der Waals surface area contributed by atoms with Gasteiger partial charge in [-0.15, -0.1) is 0 Å². The van der Waals surface area contributed by atoms with E-state index in [1.165, 1.54) is 19.3 Å². The Morgan fingerprint density at radius 3 is 1.67 bits per heavy atom. The topological polar surface area (TPSA) is 0 Å². The van der Waals surface area contributed by atoms with Crippen molar-refractivity contribution >= 4 is 0 Å². The second kappa shape index (κ2) is 3.45. The van der Waals surface area contributed by atoms with Crippen LogP contribution in [0.4, 0.5) is 0 Å². The third kappa shape index (κ3) is 1.64. The van der Waals surface area contributed by atoms with Gasteiger partial charge in [-0.3, -0.25) is 0 Å². The van der Waals surface area contributed by atoms with E-state index in [1.807, 2.05) is 0 Å². The average Bonchev–Trinajstić information content (AvgIpc) is 1.76. The van der Waals surface area contributed by atoms with Gasteiger partial charge in [0.25, 0.3) is 0 Å². The van der Waals surface area contributed by atoms with Gasteiger partial charge < -0.3 is 0 Å². The zero-order valence-corrected chi connectivity index (χ0v) is 4.73. The van der Waals surface area contributed by atoms with Gasteiger partial charge in [-0.25, -0.2) is 0 Å². The smallest absolute Gasteiger partial charge is 0 e. The second-order valence-corrected chi connectivity index (χ2v) is 1.40. The summed E-state index contributed by atoms with van der Waals surface area (Å²) in [5.41, 5.74) is 0. The molecule has 36 valence electrons. The van der Waals surface area contributed by atoms with Gasteiger partial charge in [-0.05, 0) is 19.3 Å². The summed E-state index contributed by atoms with van der Waals surface area (Å²) < 4.78 is 0. The van der Waals surface area contributed by atoms with Gasteiger partial charge in [0.1, 0.15) is 0 Å². The van der Waals surface area contributed by atoms with E-state index in [9.17, 15) is 0 Å². The monoisotopic (exact) mass is 124 g/mol. The molecular weight excluding hydrogens is 116 g/mol. The minimum absolute atomic E-state index is 0. The standard InChI is InChI=1S/C5H8.Fe/c1-2-4-5-3-1;/h1-2H,3-5H2;. The summed E-state index contributed by atoms with van der Waals surface area (Å²) >= 11 is 0. The van der Waals surface area contributed by atoms with Crippen molar-refractivity contribution in [1.29, 1.82) is 0 Å². The van der Waals surface area contributed by atoms with Gasteiger partial charge in [0, 0.05) is 17.1 Å².